The maximum absolute atomic E-state index is 12.7. The number of hydrogen-bond donors (Lipinski definition) is 0. The number of carbonyl (C=O) groups excluding carboxylic acids is 4. The first-order chi connectivity index (χ1) is 11.4. The van der Waals surface area contributed by atoms with Gasteiger partial charge in [0.25, 0.3) is 0 Å². The van der Waals surface area contributed by atoms with E-state index in [4.69, 9.17) is 0 Å². The first-order valence-corrected chi connectivity index (χ1v) is 7.12. The molecule has 0 N–H and O–H groups in total. The second-order valence-corrected chi connectivity index (χ2v) is 5.48. The first-order valence-electron chi connectivity index (χ1n) is 7.12. The molecule has 3 rings (SSSR count). The molecule has 0 aliphatic heterocycles. The predicted molar refractivity (Wildman–Crippen MR) is 77.2 cm³/mol. The lowest BCUT2D eigenvalue weighted by Gasteiger charge is -2.22. The zero-order chi connectivity index (χ0) is 17.4. The topological polar surface area (TPSA) is 114 Å². The molecule has 0 aromatic heterocycles. The van der Waals surface area contributed by atoms with Crippen LogP contribution in [0.1, 0.15) is 43.0 Å². The van der Waals surface area contributed by atoms with Crippen LogP contribution in [0, 0.1) is 0 Å². The average molecular weight is 322 g/mol. The highest BCUT2D eigenvalue weighted by Crippen LogP contribution is 2.31. The lowest BCUT2D eigenvalue weighted by Crippen LogP contribution is -2.29. The number of carbonyl (C=O) groups is 4. The van der Waals surface area contributed by atoms with Crippen LogP contribution in [-0.2, 0) is 22.4 Å². The summed E-state index contributed by atoms with van der Waals surface area (Å²) in [6.45, 7) is 0. The highest BCUT2D eigenvalue weighted by atomic mass is 16.4. The lowest BCUT2D eigenvalue weighted by atomic mass is 9.80. The van der Waals surface area contributed by atoms with Gasteiger partial charge in [0, 0.05) is 47.0 Å². The van der Waals surface area contributed by atoms with Crippen molar-refractivity contribution in [2.75, 3.05) is 0 Å². The number of fused-ring (bicyclic) bond motifs is 2. The second-order valence-electron chi connectivity index (χ2n) is 5.48. The van der Waals surface area contributed by atoms with Crippen molar-refractivity contribution < 1.29 is 29.4 Å². The molecule has 0 heterocycles. The molecule has 6 heteroatoms. The fourth-order valence-corrected chi connectivity index (χ4v) is 2.94. The molecule has 0 spiro atoms. The van der Waals surface area contributed by atoms with Gasteiger partial charge < -0.3 is 19.8 Å². The van der Waals surface area contributed by atoms with Crippen LogP contribution in [0.15, 0.2) is 36.4 Å². The Bertz CT molecular complexity index is 910. The largest absolute Gasteiger partial charge is 0.550 e. The van der Waals surface area contributed by atoms with E-state index in [9.17, 15) is 29.4 Å². The number of hydrogen-bond acceptors (Lipinski definition) is 6. The lowest BCUT2D eigenvalue weighted by molar-refractivity contribution is -0.305. The average Bonchev–Trinajstić information content (AvgIpc) is 2.51. The summed E-state index contributed by atoms with van der Waals surface area (Å²) in [7, 11) is 0. The van der Waals surface area contributed by atoms with Crippen LogP contribution >= 0.6 is 0 Å². The van der Waals surface area contributed by atoms with Crippen molar-refractivity contribution in [3.8, 4) is 0 Å². The second kappa shape index (κ2) is 5.73. The van der Waals surface area contributed by atoms with Gasteiger partial charge in [0.2, 0.25) is 0 Å². The smallest absolute Gasteiger partial charge is 0.194 e. The van der Waals surface area contributed by atoms with Crippen molar-refractivity contribution >= 4 is 23.5 Å². The zero-order valence-electron chi connectivity index (χ0n) is 12.3. The first kappa shape index (κ1) is 15.6. The van der Waals surface area contributed by atoms with E-state index in [0.717, 1.165) is 0 Å². The minimum absolute atomic E-state index is 0.00806. The molecule has 6 nitrogen and oxygen atoms in total. The van der Waals surface area contributed by atoms with Gasteiger partial charge >= 0.3 is 0 Å². The summed E-state index contributed by atoms with van der Waals surface area (Å²) in [6, 6.07) is 8.82. The number of aliphatic carboxylic acids is 2. The van der Waals surface area contributed by atoms with Gasteiger partial charge in [-0.1, -0.05) is 30.3 Å². The summed E-state index contributed by atoms with van der Waals surface area (Å²) in [4.78, 5) is 47.2. The molecule has 120 valence electrons. The molecule has 0 saturated heterocycles. The van der Waals surface area contributed by atoms with Crippen LogP contribution in [-0.4, -0.2) is 23.5 Å². The summed E-state index contributed by atoms with van der Waals surface area (Å²) in [5.74, 6) is -3.71. The maximum atomic E-state index is 12.7. The number of carboxylic acid groups (broad SMARTS) is 2. The SMILES string of the molecule is O=C([O-])Cc1cc(CC(=O)[O-])c2c(c1)C(=O)c1ccccc1C2=O. The number of ketones is 2. The Morgan fingerprint density at radius 1 is 0.792 bits per heavy atom. The van der Waals surface area contributed by atoms with E-state index in [-0.39, 0.29) is 33.4 Å². The van der Waals surface area contributed by atoms with Gasteiger partial charge in [-0.3, -0.25) is 9.59 Å². The molecule has 1 aliphatic carbocycles. The van der Waals surface area contributed by atoms with Crippen LogP contribution in [0.25, 0.3) is 0 Å². The summed E-state index contributed by atoms with van der Waals surface area (Å²) in [6.07, 6.45) is -1.08. The van der Waals surface area contributed by atoms with Crippen LogP contribution in [0.2, 0.25) is 0 Å². The van der Waals surface area contributed by atoms with E-state index < -0.39 is 36.3 Å². The standard InChI is InChI=1S/C18H12O6/c19-14(20)7-9-5-10(8-15(21)22)16-13(6-9)17(23)11-3-1-2-4-12(11)18(16)24/h1-6H,7-8H2,(H,19,20)(H,21,22)/p-2. The molecule has 0 radical (unpaired) electrons. The Morgan fingerprint density at radius 2 is 1.38 bits per heavy atom. The van der Waals surface area contributed by atoms with Crippen LogP contribution < -0.4 is 10.2 Å². The fraction of sp³-hybridized carbons (Fsp3) is 0.111. The fourth-order valence-electron chi connectivity index (χ4n) is 2.94. The van der Waals surface area contributed by atoms with E-state index in [1.807, 2.05) is 0 Å². The van der Waals surface area contributed by atoms with Crippen LogP contribution in [0.3, 0.4) is 0 Å². The Hall–Kier alpha value is -3.28. The molecule has 2 aromatic rings. The minimum atomic E-state index is -1.43. The Balaban J connectivity index is 2.25. The summed E-state index contributed by atoms with van der Waals surface area (Å²) in [5.41, 5.74) is 0.670. The minimum Gasteiger partial charge on any atom is -0.550 e. The molecule has 0 fully saturated rings. The number of carboxylic acids is 2. The van der Waals surface area contributed by atoms with Crippen molar-refractivity contribution in [3.63, 3.8) is 0 Å². The highest BCUT2D eigenvalue weighted by Gasteiger charge is 2.31. The van der Waals surface area contributed by atoms with Crippen LogP contribution in [0.5, 0.6) is 0 Å². The third kappa shape index (κ3) is 2.58. The van der Waals surface area contributed by atoms with E-state index in [0.29, 0.717) is 0 Å². The van der Waals surface area contributed by atoms with Gasteiger partial charge in [-0.05, 0) is 17.2 Å². The Labute approximate surface area is 136 Å². The molecule has 1 aliphatic rings. The molecule has 0 unspecified atom stereocenters. The highest BCUT2D eigenvalue weighted by molar-refractivity contribution is 6.29. The van der Waals surface area contributed by atoms with Gasteiger partial charge in [0.1, 0.15) is 0 Å². The summed E-state index contributed by atoms with van der Waals surface area (Å²) >= 11 is 0. The van der Waals surface area contributed by atoms with Gasteiger partial charge in [-0.2, -0.15) is 0 Å². The molecular weight excluding hydrogens is 312 g/mol. The number of rotatable bonds is 4. The Morgan fingerprint density at radius 3 is 1.96 bits per heavy atom. The molecule has 0 amide bonds. The van der Waals surface area contributed by atoms with Crippen molar-refractivity contribution in [2.24, 2.45) is 0 Å². The number of benzene rings is 2. The summed E-state index contributed by atoms with van der Waals surface area (Å²) < 4.78 is 0. The molecular formula is C18H10O6-2. The third-order valence-electron chi connectivity index (χ3n) is 3.85. The van der Waals surface area contributed by atoms with Crippen molar-refractivity contribution in [3.05, 3.63) is 69.8 Å². The quantitative estimate of drug-likeness (QED) is 0.611. The van der Waals surface area contributed by atoms with Gasteiger partial charge in [0.05, 0.1) is 0 Å². The van der Waals surface area contributed by atoms with E-state index >= 15 is 0 Å². The van der Waals surface area contributed by atoms with E-state index in [2.05, 4.69) is 0 Å². The zero-order valence-corrected chi connectivity index (χ0v) is 12.3. The molecule has 0 saturated carbocycles. The van der Waals surface area contributed by atoms with Gasteiger partial charge in [0.15, 0.2) is 11.6 Å². The molecule has 2 aromatic carbocycles. The summed E-state index contributed by atoms with van der Waals surface area (Å²) in [5, 5.41) is 21.8. The van der Waals surface area contributed by atoms with Crippen molar-refractivity contribution in [1.29, 1.82) is 0 Å². The van der Waals surface area contributed by atoms with Crippen LogP contribution in [0.4, 0.5) is 0 Å². The Kier molecular flexibility index (Phi) is 3.73. The molecule has 0 bridgehead atoms. The normalized spacial score (nSPS) is 12.5. The molecule has 0 atom stereocenters. The van der Waals surface area contributed by atoms with Crippen molar-refractivity contribution in [1.82, 2.24) is 0 Å². The molecule has 24 heavy (non-hydrogen) atoms. The van der Waals surface area contributed by atoms with E-state index in [1.165, 1.54) is 24.3 Å². The maximum Gasteiger partial charge on any atom is 0.194 e. The predicted octanol–water partition coefficient (Wildman–Crippen LogP) is -0.953. The third-order valence-corrected chi connectivity index (χ3v) is 3.85. The van der Waals surface area contributed by atoms with Gasteiger partial charge in [-0.15, -0.1) is 0 Å². The van der Waals surface area contributed by atoms with E-state index in [1.54, 1.807) is 12.1 Å². The van der Waals surface area contributed by atoms with Gasteiger partial charge in [-0.25, -0.2) is 0 Å². The monoisotopic (exact) mass is 322 g/mol. The van der Waals surface area contributed by atoms with Crippen molar-refractivity contribution in [2.45, 2.75) is 12.8 Å².